The maximum Gasteiger partial charge on any atom is 0.344 e. The van der Waals surface area contributed by atoms with Crippen molar-refractivity contribution >= 4 is 17.7 Å². The lowest BCUT2D eigenvalue weighted by Gasteiger charge is -2.04. The Hall–Kier alpha value is -1.24. The van der Waals surface area contributed by atoms with Crippen molar-refractivity contribution in [2.75, 3.05) is 12.3 Å². The topological polar surface area (TPSA) is 79.8 Å². The number of carbonyl (C=O) groups excluding carboxylic acids is 1. The molecule has 1 aliphatic carbocycles. The second kappa shape index (κ2) is 6.08. The van der Waals surface area contributed by atoms with Gasteiger partial charge in [-0.1, -0.05) is 25.1 Å². The van der Waals surface area contributed by atoms with Gasteiger partial charge in [0.1, 0.15) is 0 Å². The Morgan fingerprint density at radius 3 is 3.06 bits per heavy atom. The van der Waals surface area contributed by atoms with Crippen LogP contribution in [0.2, 0.25) is 0 Å². The summed E-state index contributed by atoms with van der Waals surface area (Å²) in [6, 6.07) is 0.280. The Bertz CT molecular complexity index is 464. The van der Waals surface area contributed by atoms with E-state index in [1.807, 2.05) is 0 Å². The van der Waals surface area contributed by atoms with Gasteiger partial charge in [-0.3, -0.25) is 9.36 Å². The lowest BCUT2D eigenvalue weighted by molar-refractivity contribution is -0.118. The molecule has 0 unspecified atom stereocenters. The van der Waals surface area contributed by atoms with Crippen LogP contribution in [0.4, 0.5) is 0 Å². The summed E-state index contributed by atoms with van der Waals surface area (Å²) in [7, 11) is 0. The molecule has 100 valence electrons. The summed E-state index contributed by atoms with van der Waals surface area (Å²) in [6.45, 7) is 2.80. The molecule has 2 N–H and O–H groups in total. The van der Waals surface area contributed by atoms with Gasteiger partial charge in [0.15, 0.2) is 5.16 Å². The van der Waals surface area contributed by atoms with Gasteiger partial charge in [-0.05, 0) is 19.3 Å². The molecule has 0 saturated heterocycles. The number of H-pyrrole nitrogens is 1. The summed E-state index contributed by atoms with van der Waals surface area (Å²) >= 11 is 1.31. The third kappa shape index (κ3) is 3.38. The molecule has 0 aromatic carbocycles. The minimum atomic E-state index is -0.175. The van der Waals surface area contributed by atoms with E-state index >= 15 is 0 Å². The van der Waals surface area contributed by atoms with E-state index in [2.05, 4.69) is 22.4 Å². The van der Waals surface area contributed by atoms with Gasteiger partial charge in [-0.25, -0.2) is 9.89 Å². The van der Waals surface area contributed by atoms with Gasteiger partial charge >= 0.3 is 5.69 Å². The summed E-state index contributed by atoms with van der Waals surface area (Å²) in [5.74, 6) is 0.298. The van der Waals surface area contributed by atoms with E-state index in [0.717, 1.165) is 25.7 Å². The molecule has 1 amide bonds. The van der Waals surface area contributed by atoms with E-state index in [1.165, 1.54) is 11.8 Å². The molecule has 1 aliphatic rings. The number of hydrogen-bond acceptors (Lipinski definition) is 4. The van der Waals surface area contributed by atoms with Crippen LogP contribution in [0.1, 0.15) is 38.6 Å². The number of aromatic amines is 1. The molecule has 0 aliphatic heterocycles. The smallest absolute Gasteiger partial charge is 0.344 e. The number of rotatable bonds is 7. The van der Waals surface area contributed by atoms with Crippen LogP contribution in [0, 0.1) is 0 Å². The molecule has 0 atom stereocenters. The first kappa shape index (κ1) is 13.2. The summed E-state index contributed by atoms with van der Waals surface area (Å²) in [6.07, 6.45) is 4.10. The highest BCUT2D eigenvalue weighted by Gasteiger charge is 2.28. The number of thioether (sulfide) groups is 1. The Morgan fingerprint density at radius 1 is 1.61 bits per heavy atom. The first-order valence-electron chi connectivity index (χ1n) is 6.28. The highest BCUT2D eigenvalue weighted by Crippen LogP contribution is 2.35. The second-order valence-electron chi connectivity index (χ2n) is 4.40. The molecule has 0 radical (unpaired) electrons. The largest absolute Gasteiger partial charge is 0.355 e. The summed E-state index contributed by atoms with van der Waals surface area (Å²) in [4.78, 5) is 23.0. The molecular weight excluding hydrogens is 252 g/mol. The highest BCUT2D eigenvalue weighted by molar-refractivity contribution is 7.99. The first-order chi connectivity index (χ1) is 8.72. The summed E-state index contributed by atoms with van der Waals surface area (Å²) in [5, 5.41) is 9.85. The van der Waals surface area contributed by atoms with Crippen molar-refractivity contribution in [2.24, 2.45) is 0 Å². The molecule has 1 fully saturated rings. The van der Waals surface area contributed by atoms with Gasteiger partial charge in [0.25, 0.3) is 0 Å². The van der Waals surface area contributed by atoms with Crippen LogP contribution in [0.25, 0.3) is 0 Å². The zero-order chi connectivity index (χ0) is 13.0. The standard InChI is InChI=1S/C11H18N4O2S/c1-2-3-6-12-9(16)7-18-11-14-13-10(17)15(11)8-4-5-8/h8H,2-7H2,1H3,(H,12,16)(H,13,17). The lowest BCUT2D eigenvalue weighted by Crippen LogP contribution is -2.26. The number of nitrogens with zero attached hydrogens (tertiary/aromatic N) is 2. The molecule has 0 spiro atoms. The molecule has 2 rings (SSSR count). The van der Waals surface area contributed by atoms with E-state index in [1.54, 1.807) is 4.57 Å². The Kier molecular flexibility index (Phi) is 4.46. The van der Waals surface area contributed by atoms with Crippen molar-refractivity contribution in [3.05, 3.63) is 10.5 Å². The number of hydrogen-bond donors (Lipinski definition) is 2. The fourth-order valence-electron chi connectivity index (χ4n) is 1.63. The van der Waals surface area contributed by atoms with E-state index in [-0.39, 0.29) is 17.6 Å². The fourth-order valence-corrected chi connectivity index (χ4v) is 2.48. The normalized spacial score (nSPS) is 14.7. The monoisotopic (exact) mass is 270 g/mol. The lowest BCUT2D eigenvalue weighted by atomic mass is 10.3. The van der Waals surface area contributed by atoms with Crippen LogP contribution in [-0.2, 0) is 4.79 Å². The molecule has 1 aromatic rings. The maximum absolute atomic E-state index is 11.5. The summed E-state index contributed by atoms with van der Waals surface area (Å²) in [5.41, 5.74) is -0.175. The average Bonchev–Trinajstić information content (AvgIpc) is 3.11. The fraction of sp³-hybridized carbons (Fsp3) is 0.727. The molecule has 1 saturated carbocycles. The molecule has 7 heteroatoms. The Morgan fingerprint density at radius 2 is 2.39 bits per heavy atom. The molecule has 1 aromatic heterocycles. The zero-order valence-electron chi connectivity index (χ0n) is 10.4. The molecule has 6 nitrogen and oxygen atoms in total. The van der Waals surface area contributed by atoms with Gasteiger partial charge in [-0.15, -0.1) is 5.10 Å². The minimum Gasteiger partial charge on any atom is -0.355 e. The maximum atomic E-state index is 11.5. The van der Waals surface area contributed by atoms with Gasteiger partial charge in [0, 0.05) is 12.6 Å². The van der Waals surface area contributed by atoms with Crippen molar-refractivity contribution < 1.29 is 4.79 Å². The van der Waals surface area contributed by atoms with Crippen molar-refractivity contribution in [1.82, 2.24) is 20.1 Å². The van der Waals surface area contributed by atoms with Crippen LogP contribution in [-0.4, -0.2) is 33.0 Å². The van der Waals surface area contributed by atoms with Crippen molar-refractivity contribution in [1.29, 1.82) is 0 Å². The van der Waals surface area contributed by atoms with E-state index in [9.17, 15) is 9.59 Å². The predicted molar refractivity (Wildman–Crippen MR) is 69.8 cm³/mol. The average molecular weight is 270 g/mol. The van der Waals surface area contributed by atoms with E-state index < -0.39 is 0 Å². The number of unbranched alkanes of at least 4 members (excludes halogenated alkanes) is 1. The van der Waals surface area contributed by atoms with Crippen molar-refractivity contribution in [2.45, 2.75) is 43.8 Å². The van der Waals surface area contributed by atoms with E-state index in [4.69, 9.17) is 0 Å². The summed E-state index contributed by atoms with van der Waals surface area (Å²) < 4.78 is 1.66. The van der Waals surface area contributed by atoms with Gasteiger partial charge in [0.05, 0.1) is 5.75 Å². The Labute approximate surface area is 110 Å². The van der Waals surface area contributed by atoms with Crippen LogP contribution in [0.3, 0.4) is 0 Å². The van der Waals surface area contributed by atoms with Gasteiger partial charge in [0.2, 0.25) is 5.91 Å². The van der Waals surface area contributed by atoms with Crippen LogP contribution >= 0.6 is 11.8 Å². The van der Waals surface area contributed by atoms with Crippen molar-refractivity contribution in [3.63, 3.8) is 0 Å². The quantitative estimate of drug-likeness (QED) is 0.570. The molecule has 18 heavy (non-hydrogen) atoms. The van der Waals surface area contributed by atoms with Crippen molar-refractivity contribution in [3.8, 4) is 0 Å². The highest BCUT2D eigenvalue weighted by atomic mass is 32.2. The van der Waals surface area contributed by atoms with Gasteiger partial charge in [-0.2, -0.15) is 0 Å². The third-order valence-corrected chi connectivity index (χ3v) is 3.72. The SMILES string of the molecule is CCCCNC(=O)CSc1n[nH]c(=O)n1C1CC1. The minimum absolute atomic E-state index is 0.00811. The van der Waals surface area contributed by atoms with E-state index in [0.29, 0.717) is 17.5 Å². The van der Waals surface area contributed by atoms with Crippen LogP contribution in [0.5, 0.6) is 0 Å². The third-order valence-electron chi connectivity index (χ3n) is 2.77. The second-order valence-corrected chi connectivity index (χ2v) is 5.35. The van der Waals surface area contributed by atoms with Crippen LogP contribution < -0.4 is 11.0 Å². The number of carbonyl (C=O) groups is 1. The Balaban J connectivity index is 1.83. The zero-order valence-corrected chi connectivity index (χ0v) is 11.3. The molecule has 0 bridgehead atoms. The number of amides is 1. The van der Waals surface area contributed by atoms with Gasteiger partial charge < -0.3 is 5.32 Å². The molecular formula is C11H18N4O2S. The predicted octanol–water partition coefficient (Wildman–Crippen LogP) is 0.915. The number of aromatic nitrogens is 3. The number of nitrogens with one attached hydrogen (secondary N) is 2. The molecule has 1 heterocycles. The van der Waals surface area contributed by atoms with Crippen LogP contribution in [0.15, 0.2) is 9.95 Å². The first-order valence-corrected chi connectivity index (χ1v) is 7.27.